The normalized spacial score (nSPS) is 12.1. The van der Waals surface area contributed by atoms with Crippen LogP contribution in [0.25, 0.3) is 22.3 Å². The molecule has 0 aliphatic heterocycles. The number of nitrogen functional groups attached to an aromatic ring is 1. The Hall–Kier alpha value is -3.29. The number of ether oxygens (including phenoxy) is 1. The van der Waals surface area contributed by atoms with Crippen molar-refractivity contribution in [1.82, 2.24) is 24.3 Å². The Labute approximate surface area is 215 Å². The topological polar surface area (TPSA) is 81.6 Å². The summed E-state index contributed by atoms with van der Waals surface area (Å²) in [6.45, 7) is 10.6. The molecule has 0 aliphatic carbocycles. The van der Waals surface area contributed by atoms with Crippen molar-refractivity contribution in [1.29, 1.82) is 0 Å². The molecule has 9 heteroatoms. The van der Waals surface area contributed by atoms with Gasteiger partial charge in [0.15, 0.2) is 11.0 Å². The Balaban J connectivity index is 1.90. The van der Waals surface area contributed by atoms with Crippen molar-refractivity contribution in [2.45, 2.75) is 26.7 Å². The number of imidazole rings is 1. The monoisotopic (exact) mass is 510 g/mol. The number of hydrogen-bond donors (Lipinski definition) is 1. The summed E-state index contributed by atoms with van der Waals surface area (Å²) in [4.78, 5) is 15.3. The number of halogens is 2. The molecule has 0 radical (unpaired) electrons. The number of nitrogens with two attached hydrogens (primary N) is 1. The maximum Gasteiger partial charge on any atom is 0.158 e. The van der Waals surface area contributed by atoms with Crippen LogP contribution >= 0.6 is 23.2 Å². The van der Waals surface area contributed by atoms with Gasteiger partial charge in [0.2, 0.25) is 0 Å². The molecule has 0 saturated heterocycles. The van der Waals surface area contributed by atoms with Gasteiger partial charge in [0.25, 0.3) is 0 Å². The van der Waals surface area contributed by atoms with Gasteiger partial charge in [-0.1, -0.05) is 42.8 Å². The van der Waals surface area contributed by atoms with Gasteiger partial charge in [-0.25, -0.2) is 9.97 Å². The van der Waals surface area contributed by atoms with Crippen LogP contribution in [-0.4, -0.2) is 45.0 Å². The van der Waals surface area contributed by atoms with Crippen molar-refractivity contribution in [2.75, 3.05) is 26.4 Å². The Morgan fingerprint density at radius 1 is 1.26 bits per heavy atom. The van der Waals surface area contributed by atoms with E-state index in [0.29, 0.717) is 33.9 Å². The quantitative estimate of drug-likeness (QED) is 0.324. The molecule has 0 fully saturated rings. The third kappa shape index (κ3) is 4.42. The van der Waals surface area contributed by atoms with E-state index >= 15 is 0 Å². The lowest BCUT2D eigenvalue weighted by atomic mass is 9.91. The summed E-state index contributed by atoms with van der Waals surface area (Å²) in [6, 6.07) is 5.90. The minimum Gasteiger partial charge on any atom is -0.493 e. The molecule has 0 amide bonds. The highest BCUT2D eigenvalue weighted by atomic mass is 35.5. The molecule has 0 unspecified atom stereocenters. The van der Waals surface area contributed by atoms with Gasteiger partial charge in [-0.3, -0.25) is 9.38 Å². The SMILES string of the molecule is C=C(c1ccc(-c2c(C)c(Cl)cc([C@H](C)c3nc(Cl)c4c(N)nccn34)c2OCC)cn1)N(C)C. The first kappa shape index (κ1) is 24.8. The van der Waals surface area contributed by atoms with Crippen LogP contribution in [0.3, 0.4) is 0 Å². The third-order valence-electron chi connectivity index (χ3n) is 6.10. The fourth-order valence-corrected chi connectivity index (χ4v) is 4.63. The molecule has 1 atom stereocenters. The second-order valence-corrected chi connectivity index (χ2v) is 9.26. The Bertz CT molecular complexity index is 1410. The van der Waals surface area contributed by atoms with Gasteiger partial charge in [-0.2, -0.15) is 0 Å². The van der Waals surface area contributed by atoms with Gasteiger partial charge in [0, 0.05) is 60.3 Å². The van der Waals surface area contributed by atoms with E-state index in [2.05, 4.69) is 21.5 Å². The van der Waals surface area contributed by atoms with Gasteiger partial charge in [0.1, 0.15) is 17.1 Å². The van der Waals surface area contributed by atoms with E-state index in [1.807, 2.05) is 68.6 Å². The molecule has 182 valence electrons. The highest BCUT2D eigenvalue weighted by Crippen LogP contribution is 2.44. The number of anilines is 1. The number of fused-ring (bicyclic) bond motifs is 1. The molecule has 1 aromatic carbocycles. The first-order valence-electron chi connectivity index (χ1n) is 11.2. The molecule has 7 nitrogen and oxygen atoms in total. The van der Waals surface area contributed by atoms with Gasteiger partial charge in [0.05, 0.1) is 18.0 Å². The highest BCUT2D eigenvalue weighted by molar-refractivity contribution is 6.33. The van der Waals surface area contributed by atoms with Crippen LogP contribution in [-0.2, 0) is 0 Å². The predicted molar refractivity (Wildman–Crippen MR) is 143 cm³/mol. The molecule has 0 spiro atoms. The first-order chi connectivity index (χ1) is 16.6. The lowest BCUT2D eigenvalue weighted by molar-refractivity contribution is 0.336. The number of hydrogen-bond acceptors (Lipinski definition) is 6. The largest absolute Gasteiger partial charge is 0.493 e. The molecule has 0 saturated carbocycles. The predicted octanol–water partition coefficient (Wildman–Crippen LogP) is 6.07. The van der Waals surface area contributed by atoms with Crippen molar-refractivity contribution < 1.29 is 4.74 Å². The fourth-order valence-electron chi connectivity index (χ4n) is 4.14. The van der Waals surface area contributed by atoms with Crippen molar-refractivity contribution in [3.05, 3.63) is 76.2 Å². The molecule has 4 rings (SSSR count). The van der Waals surface area contributed by atoms with Crippen molar-refractivity contribution >= 4 is 40.2 Å². The molecule has 0 bridgehead atoms. The number of nitrogens with zero attached hydrogens (tertiary/aromatic N) is 5. The maximum absolute atomic E-state index is 6.76. The van der Waals surface area contributed by atoms with Gasteiger partial charge < -0.3 is 15.4 Å². The molecule has 4 aromatic rings. The van der Waals surface area contributed by atoms with Crippen molar-refractivity contribution in [3.63, 3.8) is 0 Å². The molecule has 0 aliphatic rings. The minimum atomic E-state index is -0.212. The van der Waals surface area contributed by atoms with Crippen LogP contribution in [0.15, 0.2) is 43.4 Å². The maximum atomic E-state index is 6.76. The zero-order chi connectivity index (χ0) is 25.4. The lowest BCUT2D eigenvalue weighted by Crippen LogP contribution is -2.10. The van der Waals surface area contributed by atoms with Gasteiger partial charge in [-0.15, -0.1) is 0 Å². The smallest absolute Gasteiger partial charge is 0.158 e. The van der Waals surface area contributed by atoms with Crippen LogP contribution < -0.4 is 10.5 Å². The first-order valence-corrected chi connectivity index (χ1v) is 12.0. The minimum absolute atomic E-state index is 0.212. The van der Waals surface area contributed by atoms with E-state index in [1.165, 1.54) is 0 Å². The second-order valence-electron chi connectivity index (χ2n) is 8.50. The summed E-state index contributed by atoms with van der Waals surface area (Å²) >= 11 is 13.2. The van der Waals surface area contributed by atoms with E-state index in [-0.39, 0.29) is 5.92 Å². The number of pyridine rings is 1. The van der Waals surface area contributed by atoms with E-state index in [1.54, 1.807) is 12.4 Å². The molecule has 2 N–H and O–H groups in total. The highest BCUT2D eigenvalue weighted by Gasteiger charge is 2.26. The average Bonchev–Trinajstić information content (AvgIpc) is 3.18. The van der Waals surface area contributed by atoms with Gasteiger partial charge in [-0.05, 0) is 31.5 Å². The number of aromatic nitrogens is 4. The standard InChI is InChI=1S/C26H28Cl2N6O/c1-7-35-23-18(14(2)26-32-24(28)22-25(29)30-10-11-34(22)26)12-19(27)15(3)21(23)17-8-9-20(31-13-17)16(4)33(5)6/h8-14H,4,7H2,1-3,5-6H3,(H2,29,30)/t14-/m0/s1. The van der Waals surface area contributed by atoms with E-state index in [4.69, 9.17) is 33.7 Å². The average molecular weight is 511 g/mol. The lowest BCUT2D eigenvalue weighted by Gasteiger charge is -2.22. The zero-order valence-corrected chi connectivity index (χ0v) is 21.9. The van der Waals surface area contributed by atoms with Crippen LogP contribution in [0.5, 0.6) is 5.75 Å². The molecular formula is C26H28Cl2N6O. The summed E-state index contributed by atoms with van der Waals surface area (Å²) in [5.74, 6) is 1.55. The van der Waals surface area contributed by atoms with Crippen molar-refractivity contribution in [2.24, 2.45) is 0 Å². The molecule has 35 heavy (non-hydrogen) atoms. The second kappa shape index (κ2) is 9.76. The summed E-state index contributed by atoms with van der Waals surface area (Å²) < 4.78 is 8.10. The number of rotatable bonds is 7. The Morgan fingerprint density at radius 2 is 2.00 bits per heavy atom. The van der Waals surface area contributed by atoms with Crippen molar-refractivity contribution in [3.8, 4) is 16.9 Å². The van der Waals surface area contributed by atoms with Crippen LogP contribution in [0, 0.1) is 6.92 Å². The van der Waals surface area contributed by atoms with E-state index in [0.717, 1.165) is 39.4 Å². The Kier molecular flexibility index (Phi) is 6.92. The summed E-state index contributed by atoms with van der Waals surface area (Å²) in [7, 11) is 3.88. The van der Waals surface area contributed by atoms with Gasteiger partial charge >= 0.3 is 0 Å². The number of benzene rings is 1. The van der Waals surface area contributed by atoms with E-state index < -0.39 is 0 Å². The summed E-state index contributed by atoms with van der Waals surface area (Å²) in [6.07, 6.45) is 5.25. The van der Waals surface area contributed by atoms with Crippen LogP contribution in [0.4, 0.5) is 5.82 Å². The summed E-state index contributed by atoms with van der Waals surface area (Å²) in [5.41, 5.74) is 11.9. The fraction of sp³-hybridized carbons (Fsp3) is 0.269. The molecule has 3 aromatic heterocycles. The zero-order valence-electron chi connectivity index (χ0n) is 20.4. The van der Waals surface area contributed by atoms with E-state index in [9.17, 15) is 0 Å². The molecule has 3 heterocycles. The summed E-state index contributed by atoms with van der Waals surface area (Å²) in [5, 5.41) is 0.926. The molecular weight excluding hydrogens is 483 g/mol. The third-order valence-corrected chi connectivity index (χ3v) is 6.76. The Morgan fingerprint density at radius 3 is 2.63 bits per heavy atom. The van der Waals surface area contributed by atoms with Crippen LogP contribution in [0.1, 0.15) is 42.4 Å². The van der Waals surface area contributed by atoms with Crippen LogP contribution in [0.2, 0.25) is 10.2 Å².